The number of hydrogen-bond acceptors (Lipinski definition) is 6. The quantitative estimate of drug-likeness (QED) is 0.608. The van der Waals surface area contributed by atoms with E-state index in [1.807, 2.05) is 23.2 Å². The van der Waals surface area contributed by atoms with Crippen LogP contribution >= 0.6 is 23.1 Å². The third-order valence-corrected chi connectivity index (χ3v) is 7.04. The van der Waals surface area contributed by atoms with Gasteiger partial charge in [-0.2, -0.15) is 0 Å². The smallest absolute Gasteiger partial charge is 0.233 e. The van der Waals surface area contributed by atoms with Crippen LogP contribution in [0.25, 0.3) is 10.2 Å². The highest BCUT2D eigenvalue weighted by Crippen LogP contribution is 2.40. The molecule has 0 unspecified atom stereocenters. The van der Waals surface area contributed by atoms with E-state index in [4.69, 9.17) is 4.74 Å². The summed E-state index contributed by atoms with van der Waals surface area (Å²) in [5.41, 5.74) is 1.43. The minimum absolute atomic E-state index is 0.176. The van der Waals surface area contributed by atoms with Crippen molar-refractivity contribution >= 4 is 39.2 Å². The number of nitrogens with zero attached hydrogens (tertiary/aromatic N) is 3. The van der Waals surface area contributed by atoms with Gasteiger partial charge in [0.1, 0.15) is 15.7 Å². The van der Waals surface area contributed by atoms with Crippen molar-refractivity contribution in [1.29, 1.82) is 0 Å². The van der Waals surface area contributed by atoms with Crippen molar-refractivity contribution in [2.45, 2.75) is 38.1 Å². The molecule has 0 N–H and O–H groups in total. The Labute approximate surface area is 156 Å². The van der Waals surface area contributed by atoms with Crippen molar-refractivity contribution in [3.63, 3.8) is 0 Å². The Morgan fingerprint density at radius 1 is 1.36 bits per heavy atom. The Morgan fingerprint density at radius 2 is 2.16 bits per heavy atom. The molecule has 1 saturated heterocycles. The Morgan fingerprint density at radius 3 is 2.96 bits per heavy atom. The maximum absolute atomic E-state index is 12.5. The predicted molar refractivity (Wildman–Crippen MR) is 101 cm³/mol. The Bertz CT molecular complexity index is 799. The number of morpholine rings is 1. The minimum Gasteiger partial charge on any atom is -0.378 e. The number of amides is 1. The number of ether oxygens (including phenoxy) is 1. The maximum Gasteiger partial charge on any atom is 0.233 e. The van der Waals surface area contributed by atoms with Crippen LogP contribution in [0.5, 0.6) is 0 Å². The SMILES string of the molecule is Cc1nc(SCC(=O)N2CCOCC2)c2c3c(sc2n1)C[C@@H](C)CC3. The van der Waals surface area contributed by atoms with Gasteiger partial charge in [-0.3, -0.25) is 4.79 Å². The highest BCUT2D eigenvalue weighted by molar-refractivity contribution is 8.00. The molecule has 0 saturated carbocycles. The molecule has 134 valence electrons. The number of aryl methyl sites for hydroxylation is 2. The molecule has 1 aliphatic carbocycles. The van der Waals surface area contributed by atoms with E-state index in [1.165, 1.54) is 22.2 Å². The van der Waals surface area contributed by atoms with E-state index in [1.54, 1.807) is 11.8 Å². The molecule has 7 heteroatoms. The van der Waals surface area contributed by atoms with Crippen LogP contribution in [0.2, 0.25) is 0 Å². The summed E-state index contributed by atoms with van der Waals surface area (Å²) in [6, 6.07) is 0. The van der Waals surface area contributed by atoms with E-state index in [0.29, 0.717) is 32.1 Å². The predicted octanol–water partition coefficient (Wildman–Crippen LogP) is 3.08. The molecule has 0 radical (unpaired) electrons. The van der Waals surface area contributed by atoms with E-state index in [-0.39, 0.29) is 5.91 Å². The van der Waals surface area contributed by atoms with Gasteiger partial charge in [-0.05, 0) is 37.7 Å². The van der Waals surface area contributed by atoms with Crippen molar-refractivity contribution in [2.75, 3.05) is 32.1 Å². The molecule has 5 nitrogen and oxygen atoms in total. The van der Waals surface area contributed by atoms with Crippen LogP contribution in [-0.2, 0) is 22.4 Å². The van der Waals surface area contributed by atoms with Crippen LogP contribution in [-0.4, -0.2) is 52.8 Å². The zero-order valence-electron chi connectivity index (χ0n) is 14.7. The van der Waals surface area contributed by atoms with Gasteiger partial charge in [0.25, 0.3) is 0 Å². The average Bonchev–Trinajstić information content (AvgIpc) is 2.97. The van der Waals surface area contributed by atoms with E-state index >= 15 is 0 Å². The Hall–Kier alpha value is -1.18. The van der Waals surface area contributed by atoms with Crippen molar-refractivity contribution in [3.05, 3.63) is 16.3 Å². The van der Waals surface area contributed by atoms with Gasteiger partial charge in [0, 0.05) is 23.4 Å². The van der Waals surface area contributed by atoms with Gasteiger partial charge in [0.15, 0.2) is 0 Å². The van der Waals surface area contributed by atoms with Gasteiger partial charge in [-0.1, -0.05) is 18.7 Å². The minimum atomic E-state index is 0.176. The van der Waals surface area contributed by atoms with E-state index in [2.05, 4.69) is 16.9 Å². The van der Waals surface area contributed by atoms with Crippen molar-refractivity contribution in [1.82, 2.24) is 14.9 Å². The lowest BCUT2D eigenvalue weighted by molar-refractivity contribution is -0.132. The lowest BCUT2D eigenvalue weighted by atomic mass is 9.89. The second-order valence-corrected chi connectivity index (χ2v) is 8.94. The van der Waals surface area contributed by atoms with Crippen molar-refractivity contribution in [2.24, 2.45) is 5.92 Å². The topological polar surface area (TPSA) is 55.3 Å². The summed E-state index contributed by atoms with van der Waals surface area (Å²) < 4.78 is 5.33. The van der Waals surface area contributed by atoms with Crippen LogP contribution < -0.4 is 0 Å². The Balaban J connectivity index is 1.59. The first-order chi connectivity index (χ1) is 12.1. The summed E-state index contributed by atoms with van der Waals surface area (Å²) >= 11 is 3.39. The second kappa shape index (κ2) is 7.21. The standard InChI is InChI=1S/C18H23N3O2S2/c1-11-3-4-13-14(9-11)25-18-16(13)17(19-12(2)20-18)24-10-15(22)21-5-7-23-8-6-21/h11H,3-10H2,1-2H3/t11-/m0/s1. The first kappa shape index (κ1) is 17.2. The first-order valence-electron chi connectivity index (χ1n) is 8.89. The van der Waals surface area contributed by atoms with E-state index in [9.17, 15) is 4.79 Å². The second-order valence-electron chi connectivity index (χ2n) is 6.89. The van der Waals surface area contributed by atoms with Gasteiger partial charge < -0.3 is 9.64 Å². The number of hydrogen-bond donors (Lipinski definition) is 0. The molecule has 1 atom stereocenters. The summed E-state index contributed by atoms with van der Waals surface area (Å²) in [6.45, 7) is 6.94. The third kappa shape index (κ3) is 3.55. The zero-order valence-corrected chi connectivity index (χ0v) is 16.3. The zero-order chi connectivity index (χ0) is 17.4. The third-order valence-electron chi connectivity index (χ3n) is 4.93. The molecule has 1 aliphatic heterocycles. The van der Waals surface area contributed by atoms with Gasteiger partial charge in [0.05, 0.1) is 19.0 Å². The highest BCUT2D eigenvalue weighted by Gasteiger charge is 2.24. The van der Waals surface area contributed by atoms with E-state index in [0.717, 1.165) is 34.4 Å². The summed E-state index contributed by atoms with van der Waals surface area (Å²) in [5.74, 6) is 2.15. The van der Waals surface area contributed by atoms with Crippen molar-refractivity contribution < 1.29 is 9.53 Å². The molecular formula is C18H23N3O2S2. The molecule has 0 bridgehead atoms. The van der Waals surface area contributed by atoms with Crippen LogP contribution in [0, 0.1) is 12.8 Å². The largest absolute Gasteiger partial charge is 0.378 e. The van der Waals surface area contributed by atoms with Crippen molar-refractivity contribution in [3.8, 4) is 0 Å². The fourth-order valence-corrected chi connectivity index (χ4v) is 6.05. The number of aromatic nitrogens is 2. The van der Waals surface area contributed by atoms with Gasteiger partial charge in [-0.25, -0.2) is 9.97 Å². The molecule has 0 spiro atoms. The fraction of sp³-hybridized carbons (Fsp3) is 0.611. The molecule has 1 fully saturated rings. The van der Waals surface area contributed by atoms with Gasteiger partial charge in [0.2, 0.25) is 5.91 Å². The highest BCUT2D eigenvalue weighted by atomic mass is 32.2. The lowest BCUT2D eigenvalue weighted by Crippen LogP contribution is -2.41. The van der Waals surface area contributed by atoms with Gasteiger partial charge >= 0.3 is 0 Å². The number of fused-ring (bicyclic) bond motifs is 3. The molecular weight excluding hydrogens is 354 g/mol. The number of carbonyl (C=O) groups is 1. The number of rotatable bonds is 3. The van der Waals surface area contributed by atoms with Crippen LogP contribution in [0.3, 0.4) is 0 Å². The average molecular weight is 378 g/mol. The number of thiophene rings is 1. The summed E-state index contributed by atoms with van der Waals surface area (Å²) in [7, 11) is 0. The fourth-order valence-electron chi connectivity index (χ4n) is 3.55. The van der Waals surface area contributed by atoms with Gasteiger partial charge in [-0.15, -0.1) is 11.3 Å². The van der Waals surface area contributed by atoms with Crippen LogP contribution in [0.4, 0.5) is 0 Å². The molecule has 4 rings (SSSR count). The Kier molecular flexibility index (Phi) is 4.97. The molecule has 3 heterocycles. The number of carbonyl (C=O) groups excluding carboxylic acids is 1. The molecule has 25 heavy (non-hydrogen) atoms. The molecule has 2 aliphatic rings. The molecule has 1 amide bonds. The number of thioether (sulfide) groups is 1. The summed E-state index contributed by atoms with van der Waals surface area (Å²) in [4.78, 5) is 26.3. The molecule has 2 aromatic heterocycles. The summed E-state index contributed by atoms with van der Waals surface area (Å²) in [6.07, 6.45) is 3.48. The van der Waals surface area contributed by atoms with Crippen LogP contribution in [0.1, 0.15) is 29.6 Å². The first-order valence-corrected chi connectivity index (χ1v) is 10.7. The molecule has 0 aromatic carbocycles. The van der Waals surface area contributed by atoms with E-state index < -0.39 is 0 Å². The maximum atomic E-state index is 12.5. The normalized spacial score (nSPS) is 20.7. The lowest BCUT2D eigenvalue weighted by Gasteiger charge is -2.26. The summed E-state index contributed by atoms with van der Waals surface area (Å²) in [5, 5.41) is 2.19. The van der Waals surface area contributed by atoms with Crippen LogP contribution in [0.15, 0.2) is 5.03 Å². The monoisotopic (exact) mass is 377 g/mol. The molecule has 2 aromatic rings.